The maximum Gasteiger partial charge on any atom is 0.237 e. The second kappa shape index (κ2) is 6.01. The summed E-state index contributed by atoms with van der Waals surface area (Å²) in [6.07, 6.45) is 2.30. The Balaban J connectivity index is 2.45. The Labute approximate surface area is 92.6 Å². The van der Waals surface area contributed by atoms with Crippen LogP contribution in [0.2, 0.25) is 10.3 Å². The third kappa shape index (κ3) is 3.65. The van der Waals surface area contributed by atoms with Gasteiger partial charge >= 0.3 is 0 Å². The zero-order valence-electron chi connectivity index (χ0n) is 7.76. The van der Waals surface area contributed by atoms with Gasteiger partial charge in [0.15, 0.2) is 0 Å². The lowest BCUT2D eigenvalue weighted by molar-refractivity contribution is 0.298. The molecule has 1 heterocycles. The highest BCUT2D eigenvalue weighted by atomic mass is 35.5. The van der Waals surface area contributed by atoms with Crippen LogP contribution in [-0.4, -0.2) is 30.2 Å². The van der Waals surface area contributed by atoms with E-state index in [2.05, 4.69) is 15.3 Å². The predicted octanol–water partition coefficient (Wildman–Crippen LogP) is 1.77. The highest BCUT2D eigenvalue weighted by Gasteiger charge is 2.04. The molecule has 0 aliphatic heterocycles. The van der Waals surface area contributed by atoms with Gasteiger partial charge in [-0.2, -0.15) is 4.98 Å². The fourth-order valence-electron chi connectivity index (χ4n) is 0.850. The van der Waals surface area contributed by atoms with E-state index in [9.17, 15) is 0 Å². The molecular weight excluding hydrogens is 225 g/mol. The summed E-state index contributed by atoms with van der Waals surface area (Å²) in [4.78, 5) is 7.56. The minimum atomic E-state index is 0.137. The number of ether oxygens (including phenoxy) is 1. The molecule has 4 nitrogen and oxygen atoms in total. The molecule has 78 valence electrons. The van der Waals surface area contributed by atoms with Crippen LogP contribution in [0.15, 0.2) is 6.20 Å². The summed E-state index contributed by atoms with van der Waals surface area (Å²) in [5.41, 5.74) is 0. The van der Waals surface area contributed by atoms with E-state index in [-0.39, 0.29) is 5.28 Å². The molecule has 0 atom stereocenters. The van der Waals surface area contributed by atoms with E-state index in [0.717, 1.165) is 13.0 Å². The van der Waals surface area contributed by atoms with E-state index in [1.165, 1.54) is 6.20 Å². The van der Waals surface area contributed by atoms with Gasteiger partial charge in [0.1, 0.15) is 5.02 Å². The molecule has 1 rings (SSSR count). The van der Waals surface area contributed by atoms with Crippen molar-refractivity contribution in [3.63, 3.8) is 0 Å². The summed E-state index contributed by atoms with van der Waals surface area (Å²) in [6.45, 7) is 1.43. The molecule has 0 saturated carbocycles. The van der Waals surface area contributed by atoms with Gasteiger partial charge in [0.2, 0.25) is 11.2 Å². The summed E-state index contributed by atoms with van der Waals surface area (Å²) in [5.74, 6) is 0.336. The fraction of sp³-hybridized carbons (Fsp3) is 0.500. The zero-order chi connectivity index (χ0) is 10.4. The lowest BCUT2D eigenvalue weighted by Crippen LogP contribution is -2.12. The monoisotopic (exact) mass is 235 g/mol. The van der Waals surface area contributed by atoms with Gasteiger partial charge in [-0.05, 0) is 31.6 Å². The molecule has 0 radical (unpaired) electrons. The Morgan fingerprint density at radius 3 is 3.00 bits per heavy atom. The van der Waals surface area contributed by atoms with E-state index in [4.69, 9.17) is 27.9 Å². The van der Waals surface area contributed by atoms with Gasteiger partial charge in [0.25, 0.3) is 0 Å². The normalized spacial score (nSPS) is 10.2. The third-order valence-corrected chi connectivity index (χ3v) is 1.93. The summed E-state index contributed by atoms with van der Waals surface area (Å²) in [6, 6.07) is 0. The molecule has 0 aromatic carbocycles. The number of nitrogens with one attached hydrogen (secondary N) is 1. The van der Waals surface area contributed by atoms with Gasteiger partial charge in [-0.15, -0.1) is 0 Å². The van der Waals surface area contributed by atoms with E-state index in [1.807, 2.05) is 7.05 Å². The Morgan fingerprint density at radius 1 is 1.50 bits per heavy atom. The Morgan fingerprint density at radius 2 is 2.29 bits per heavy atom. The van der Waals surface area contributed by atoms with Crippen molar-refractivity contribution in [1.29, 1.82) is 0 Å². The van der Waals surface area contributed by atoms with Crippen LogP contribution in [0.1, 0.15) is 6.42 Å². The average molecular weight is 236 g/mol. The number of halogens is 2. The van der Waals surface area contributed by atoms with Crippen LogP contribution in [0.4, 0.5) is 0 Å². The number of hydrogen-bond donors (Lipinski definition) is 1. The summed E-state index contributed by atoms with van der Waals surface area (Å²) >= 11 is 11.4. The van der Waals surface area contributed by atoms with Gasteiger partial charge in [-0.3, -0.25) is 0 Å². The van der Waals surface area contributed by atoms with Crippen LogP contribution >= 0.6 is 23.2 Å². The molecule has 14 heavy (non-hydrogen) atoms. The molecule has 0 aliphatic carbocycles. The van der Waals surface area contributed by atoms with Crippen molar-refractivity contribution in [3.05, 3.63) is 16.5 Å². The lowest BCUT2D eigenvalue weighted by Gasteiger charge is -2.05. The minimum Gasteiger partial charge on any atom is -0.476 e. The van der Waals surface area contributed by atoms with E-state index in [1.54, 1.807) is 0 Å². The van der Waals surface area contributed by atoms with Gasteiger partial charge in [0, 0.05) is 0 Å². The highest BCUT2D eigenvalue weighted by Crippen LogP contribution is 2.21. The molecule has 1 aromatic rings. The van der Waals surface area contributed by atoms with E-state index >= 15 is 0 Å². The molecular formula is C8H11Cl2N3O. The van der Waals surface area contributed by atoms with Gasteiger partial charge in [-0.1, -0.05) is 11.6 Å². The molecule has 0 unspecified atom stereocenters. The maximum absolute atomic E-state index is 5.78. The first-order valence-electron chi connectivity index (χ1n) is 4.19. The van der Waals surface area contributed by atoms with Crippen molar-refractivity contribution in [1.82, 2.24) is 15.3 Å². The SMILES string of the molecule is CNCCCOc1nc(Cl)ncc1Cl. The molecule has 0 bridgehead atoms. The first-order chi connectivity index (χ1) is 6.74. The smallest absolute Gasteiger partial charge is 0.237 e. The fourth-order valence-corrected chi connectivity index (χ4v) is 1.12. The summed E-state index contributed by atoms with van der Waals surface area (Å²) in [7, 11) is 1.88. The van der Waals surface area contributed by atoms with Crippen LogP contribution in [0.3, 0.4) is 0 Å². The maximum atomic E-state index is 5.78. The van der Waals surface area contributed by atoms with Crippen molar-refractivity contribution in [2.24, 2.45) is 0 Å². The molecule has 0 amide bonds. The largest absolute Gasteiger partial charge is 0.476 e. The van der Waals surface area contributed by atoms with Gasteiger partial charge < -0.3 is 10.1 Å². The highest BCUT2D eigenvalue weighted by molar-refractivity contribution is 6.32. The molecule has 0 fully saturated rings. The predicted molar refractivity (Wildman–Crippen MR) is 56.1 cm³/mol. The van der Waals surface area contributed by atoms with Crippen LogP contribution in [0.25, 0.3) is 0 Å². The van der Waals surface area contributed by atoms with Crippen molar-refractivity contribution in [2.45, 2.75) is 6.42 Å². The first kappa shape index (κ1) is 11.5. The molecule has 6 heteroatoms. The zero-order valence-corrected chi connectivity index (χ0v) is 9.27. The summed E-state index contributed by atoms with van der Waals surface area (Å²) in [5, 5.41) is 3.52. The Kier molecular flexibility index (Phi) is 4.93. The number of aromatic nitrogens is 2. The van der Waals surface area contributed by atoms with Crippen molar-refractivity contribution >= 4 is 23.2 Å². The third-order valence-electron chi connectivity index (χ3n) is 1.49. The molecule has 0 spiro atoms. The summed E-state index contributed by atoms with van der Waals surface area (Å²) < 4.78 is 5.31. The standard InChI is InChI=1S/C8H11Cl2N3O/c1-11-3-2-4-14-7-6(9)5-12-8(10)13-7/h5,11H,2-4H2,1H3. The topological polar surface area (TPSA) is 47.0 Å². The molecule has 0 aliphatic rings. The van der Waals surface area contributed by atoms with Crippen molar-refractivity contribution in [2.75, 3.05) is 20.2 Å². The molecule has 0 saturated heterocycles. The first-order valence-corrected chi connectivity index (χ1v) is 4.95. The second-order valence-electron chi connectivity index (χ2n) is 2.60. The van der Waals surface area contributed by atoms with Crippen LogP contribution < -0.4 is 10.1 Å². The average Bonchev–Trinajstić information content (AvgIpc) is 2.18. The van der Waals surface area contributed by atoms with Crippen molar-refractivity contribution < 1.29 is 4.74 Å². The minimum absolute atomic E-state index is 0.137. The Hall–Kier alpha value is -0.580. The number of hydrogen-bond acceptors (Lipinski definition) is 4. The molecule has 1 N–H and O–H groups in total. The van der Waals surface area contributed by atoms with E-state index < -0.39 is 0 Å². The lowest BCUT2D eigenvalue weighted by atomic mass is 10.4. The van der Waals surface area contributed by atoms with E-state index in [0.29, 0.717) is 17.5 Å². The quantitative estimate of drug-likeness (QED) is 0.625. The van der Waals surface area contributed by atoms with Gasteiger partial charge in [-0.25, -0.2) is 4.98 Å². The Bertz CT molecular complexity index is 296. The molecule has 1 aromatic heterocycles. The number of nitrogens with zero attached hydrogens (tertiary/aromatic N) is 2. The second-order valence-corrected chi connectivity index (χ2v) is 3.34. The number of rotatable bonds is 5. The van der Waals surface area contributed by atoms with Crippen LogP contribution in [0, 0.1) is 0 Å². The van der Waals surface area contributed by atoms with Gasteiger partial charge in [0.05, 0.1) is 12.8 Å². The van der Waals surface area contributed by atoms with Crippen LogP contribution in [-0.2, 0) is 0 Å². The van der Waals surface area contributed by atoms with Crippen LogP contribution in [0.5, 0.6) is 5.88 Å². The van der Waals surface area contributed by atoms with Crippen molar-refractivity contribution in [3.8, 4) is 5.88 Å².